The standard InChI is InChI=1S/C12H16FN3O3S/c1-2-10-12(17)15-5-6-16(10)20(18,19)11-4-3-8(13)7-9(11)14/h3-4,7,10H,2,5-6,14H2,1H3,(H,15,17). The maximum atomic E-state index is 13.0. The van der Waals surface area contributed by atoms with Gasteiger partial charge >= 0.3 is 0 Å². The third-order valence-electron chi connectivity index (χ3n) is 3.23. The average molecular weight is 301 g/mol. The molecule has 1 atom stereocenters. The summed E-state index contributed by atoms with van der Waals surface area (Å²) in [5.74, 6) is -0.937. The van der Waals surface area contributed by atoms with E-state index in [0.29, 0.717) is 6.42 Å². The van der Waals surface area contributed by atoms with Crippen LogP contribution in [0.1, 0.15) is 13.3 Å². The quantitative estimate of drug-likeness (QED) is 0.786. The summed E-state index contributed by atoms with van der Waals surface area (Å²) in [6.07, 6.45) is 0.353. The lowest BCUT2D eigenvalue weighted by molar-refractivity contribution is -0.126. The molecule has 0 aromatic heterocycles. The third-order valence-corrected chi connectivity index (χ3v) is 5.21. The van der Waals surface area contributed by atoms with Crippen LogP contribution < -0.4 is 11.1 Å². The molecule has 1 aromatic carbocycles. The van der Waals surface area contributed by atoms with E-state index >= 15 is 0 Å². The number of nitrogens with one attached hydrogen (secondary N) is 1. The first kappa shape index (κ1) is 14.7. The van der Waals surface area contributed by atoms with Crippen molar-refractivity contribution in [1.29, 1.82) is 0 Å². The maximum absolute atomic E-state index is 13.0. The lowest BCUT2D eigenvalue weighted by atomic mass is 10.2. The molecular weight excluding hydrogens is 285 g/mol. The summed E-state index contributed by atoms with van der Waals surface area (Å²) in [5, 5.41) is 2.62. The number of carbonyl (C=O) groups is 1. The van der Waals surface area contributed by atoms with Gasteiger partial charge in [-0.25, -0.2) is 12.8 Å². The van der Waals surface area contributed by atoms with Crippen LogP contribution in [0.2, 0.25) is 0 Å². The van der Waals surface area contributed by atoms with Crippen molar-refractivity contribution in [2.75, 3.05) is 18.8 Å². The molecule has 0 aliphatic carbocycles. The van der Waals surface area contributed by atoms with Gasteiger partial charge in [-0.3, -0.25) is 4.79 Å². The van der Waals surface area contributed by atoms with Crippen LogP contribution in [0.4, 0.5) is 10.1 Å². The number of benzene rings is 1. The summed E-state index contributed by atoms with van der Waals surface area (Å²) in [4.78, 5) is 11.6. The van der Waals surface area contributed by atoms with Crippen molar-refractivity contribution < 1.29 is 17.6 Å². The zero-order valence-electron chi connectivity index (χ0n) is 11.0. The van der Waals surface area contributed by atoms with Crippen LogP contribution in [0.5, 0.6) is 0 Å². The number of nitrogen functional groups attached to an aromatic ring is 1. The summed E-state index contributed by atoms with van der Waals surface area (Å²) in [7, 11) is -3.92. The first-order chi connectivity index (χ1) is 9.37. The van der Waals surface area contributed by atoms with Gasteiger partial charge in [-0.15, -0.1) is 0 Å². The monoisotopic (exact) mass is 301 g/mol. The largest absolute Gasteiger partial charge is 0.398 e. The van der Waals surface area contributed by atoms with Crippen molar-refractivity contribution in [3.8, 4) is 0 Å². The first-order valence-electron chi connectivity index (χ1n) is 6.22. The van der Waals surface area contributed by atoms with Crippen LogP contribution in [0.3, 0.4) is 0 Å². The normalized spacial score (nSPS) is 20.7. The van der Waals surface area contributed by atoms with Gasteiger partial charge in [-0.05, 0) is 24.6 Å². The van der Waals surface area contributed by atoms with E-state index in [1.165, 1.54) is 0 Å². The van der Waals surface area contributed by atoms with E-state index in [-0.39, 0.29) is 29.6 Å². The number of hydrogen-bond acceptors (Lipinski definition) is 4. The van der Waals surface area contributed by atoms with Crippen LogP contribution in [-0.4, -0.2) is 37.8 Å². The van der Waals surface area contributed by atoms with Crippen LogP contribution >= 0.6 is 0 Å². The molecular formula is C12H16FN3O3S. The molecule has 1 saturated heterocycles. The zero-order chi connectivity index (χ0) is 14.9. The molecule has 8 heteroatoms. The molecule has 0 radical (unpaired) electrons. The second-order valence-electron chi connectivity index (χ2n) is 4.51. The van der Waals surface area contributed by atoms with E-state index in [1.807, 2.05) is 0 Å². The number of halogens is 1. The van der Waals surface area contributed by atoms with Crippen molar-refractivity contribution in [2.24, 2.45) is 0 Å². The lowest BCUT2D eigenvalue weighted by Crippen LogP contribution is -2.56. The first-order valence-corrected chi connectivity index (χ1v) is 7.66. The number of amides is 1. The SMILES string of the molecule is CCC1C(=O)NCCN1S(=O)(=O)c1ccc(F)cc1N. The molecule has 1 fully saturated rings. The molecule has 3 N–H and O–H groups in total. The Balaban J connectivity index is 2.45. The fraction of sp³-hybridized carbons (Fsp3) is 0.417. The molecule has 1 unspecified atom stereocenters. The zero-order valence-corrected chi connectivity index (χ0v) is 11.8. The van der Waals surface area contributed by atoms with E-state index in [1.54, 1.807) is 6.92 Å². The number of hydrogen-bond donors (Lipinski definition) is 2. The number of sulfonamides is 1. The van der Waals surface area contributed by atoms with E-state index in [4.69, 9.17) is 5.73 Å². The summed E-state index contributed by atoms with van der Waals surface area (Å²) < 4.78 is 39.3. The Bertz CT molecular complexity index is 633. The van der Waals surface area contributed by atoms with E-state index in [0.717, 1.165) is 22.5 Å². The van der Waals surface area contributed by atoms with Gasteiger partial charge in [0.1, 0.15) is 16.8 Å². The molecule has 0 bridgehead atoms. The molecule has 1 aromatic rings. The van der Waals surface area contributed by atoms with Gasteiger partial charge in [0.25, 0.3) is 0 Å². The highest BCUT2D eigenvalue weighted by Gasteiger charge is 2.38. The highest BCUT2D eigenvalue weighted by Crippen LogP contribution is 2.26. The highest BCUT2D eigenvalue weighted by atomic mass is 32.2. The smallest absolute Gasteiger partial charge is 0.245 e. The molecule has 1 amide bonds. The number of nitrogens with two attached hydrogens (primary N) is 1. The third kappa shape index (κ3) is 2.48. The minimum absolute atomic E-state index is 0.161. The molecule has 1 aliphatic heterocycles. The van der Waals surface area contributed by atoms with E-state index < -0.39 is 21.9 Å². The topological polar surface area (TPSA) is 92.5 Å². The van der Waals surface area contributed by atoms with Crippen molar-refractivity contribution in [3.63, 3.8) is 0 Å². The van der Waals surface area contributed by atoms with Crippen LogP contribution in [0.25, 0.3) is 0 Å². The summed E-state index contributed by atoms with van der Waals surface area (Å²) in [6, 6.07) is 2.35. The Morgan fingerprint density at radius 1 is 1.50 bits per heavy atom. The van der Waals surface area contributed by atoms with Gasteiger partial charge in [0.05, 0.1) is 5.69 Å². The summed E-state index contributed by atoms with van der Waals surface area (Å²) in [5.41, 5.74) is 5.43. The Hall–Kier alpha value is -1.67. The van der Waals surface area contributed by atoms with Gasteiger partial charge in [0.2, 0.25) is 15.9 Å². The number of anilines is 1. The maximum Gasteiger partial charge on any atom is 0.245 e. The average Bonchev–Trinajstić information content (AvgIpc) is 2.37. The highest BCUT2D eigenvalue weighted by molar-refractivity contribution is 7.89. The number of piperazine rings is 1. The fourth-order valence-corrected chi connectivity index (χ4v) is 4.01. The second-order valence-corrected chi connectivity index (χ2v) is 6.37. The Labute approximate surface area is 116 Å². The molecule has 1 heterocycles. The number of carbonyl (C=O) groups excluding carboxylic acids is 1. The lowest BCUT2D eigenvalue weighted by Gasteiger charge is -2.33. The molecule has 1 aliphatic rings. The fourth-order valence-electron chi connectivity index (χ4n) is 2.25. The van der Waals surface area contributed by atoms with Crippen molar-refractivity contribution >= 4 is 21.6 Å². The van der Waals surface area contributed by atoms with E-state index in [9.17, 15) is 17.6 Å². The van der Waals surface area contributed by atoms with Gasteiger partial charge in [0, 0.05) is 13.1 Å². The Morgan fingerprint density at radius 2 is 2.20 bits per heavy atom. The van der Waals surface area contributed by atoms with Gasteiger partial charge in [0.15, 0.2) is 0 Å². The minimum Gasteiger partial charge on any atom is -0.398 e. The van der Waals surface area contributed by atoms with Crippen molar-refractivity contribution in [2.45, 2.75) is 24.3 Å². The Kier molecular flexibility index (Phi) is 3.96. The minimum atomic E-state index is -3.92. The van der Waals surface area contributed by atoms with Crippen LogP contribution in [-0.2, 0) is 14.8 Å². The second kappa shape index (κ2) is 5.37. The predicted octanol–water partition coefficient (Wildman–Crippen LogP) is 0.307. The van der Waals surface area contributed by atoms with E-state index in [2.05, 4.69) is 5.32 Å². The molecule has 6 nitrogen and oxygen atoms in total. The van der Waals surface area contributed by atoms with Crippen LogP contribution in [0, 0.1) is 5.82 Å². The Morgan fingerprint density at radius 3 is 2.80 bits per heavy atom. The molecule has 0 spiro atoms. The van der Waals surface area contributed by atoms with Gasteiger partial charge in [-0.1, -0.05) is 6.92 Å². The van der Waals surface area contributed by atoms with Crippen LogP contribution in [0.15, 0.2) is 23.1 Å². The molecule has 2 rings (SSSR count). The predicted molar refractivity (Wildman–Crippen MR) is 71.8 cm³/mol. The number of rotatable bonds is 3. The summed E-state index contributed by atoms with van der Waals surface area (Å²) in [6.45, 7) is 2.14. The van der Waals surface area contributed by atoms with Gasteiger partial charge in [-0.2, -0.15) is 4.31 Å². The molecule has 20 heavy (non-hydrogen) atoms. The molecule has 0 saturated carbocycles. The number of nitrogens with zero attached hydrogens (tertiary/aromatic N) is 1. The van der Waals surface area contributed by atoms with Gasteiger partial charge < -0.3 is 11.1 Å². The van der Waals surface area contributed by atoms with Crippen molar-refractivity contribution in [3.05, 3.63) is 24.0 Å². The summed E-state index contributed by atoms with van der Waals surface area (Å²) >= 11 is 0. The van der Waals surface area contributed by atoms with Crippen molar-refractivity contribution in [1.82, 2.24) is 9.62 Å². The molecule has 110 valence electrons.